The number of hydrogen-bond donors (Lipinski definition) is 1. The third-order valence-electron chi connectivity index (χ3n) is 4.81. The number of thioether (sulfide) groups is 1. The Balaban J connectivity index is 1.82. The zero-order chi connectivity index (χ0) is 22.7. The Bertz CT molecular complexity index is 1420. The third kappa shape index (κ3) is 4.06. The molecule has 0 aliphatic carbocycles. The summed E-state index contributed by atoms with van der Waals surface area (Å²) in [6.45, 7) is 0. The number of fused-ring (bicyclic) bond motifs is 3. The van der Waals surface area contributed by atoms with E-state index in [1.54, 1.807) is 36.4 Å². The highest BCUT2D eigenvalue weighted by molar-refractivity contribution is 7.99. The summed E-state index contributed by atoms with van der Waals surface area (Å²) in [5.41, 5.74) is 4.30. The van der Waals surface area contributed by atoms with Crippen molar-refractivity contribution in [1.82, 2.24) is 9.38 Å². The fraction of sp³-hybridized carbons (Fsp3) is 0.0833. The normalized spacial score (nSPS) is 11.1. The fourth-order valence-corrected chi connectivity index (χ4v) is 4.13. The number of nitrogens with zero attached hydrogens (tertiary/aromatic N) is 3. The zero-order valence-corrected chi connectivity index (χ0v) is 17.8. The van der Waals surface area contributed by atoms with Crippen LogP contribution in [0, 0.1) is 11.3 Å². The standard InChI is InChI=1S/C24H17N3O4S/c1-31-24(30)16-9-6-15(7-10-16)8-11-17-12-21(32-14-22(28)29)27-20-5-3-2-4-19(20)26-23(27)18(17)13-25/h2-12H,14H2,1H3,(H,28,29). The van der Waals surface area contributed by atoms with E-state index in [1.807, 2.05) is 34.7 Å². The summed E-state index contributed by atoms with van der Waals surface area (Å²) in [5.74, 6) is -1.46. The molecule has 8 heteroatoms. The van der Waals surface area contributed by atoms with Gasteiger partial charge < -0.3 is 9.84 Å². The molecule has 2 aromatic heterocycles. The van der Waals surface area contributed by atoms with E-state index >= 15 is 0 Å². The smallest absolute Gasteiger partial charge is 0.337 e. The number of hydrogen-bond acceptors (Lipinski definition) is 6. The van der Waals surface area contributed by atoms with Gasteiger partial charge in [0, 0.05) is 0 Å². The SMILES string of the molecule is COC(=O)c1ccc(C=Cc2cc(SCC(=O)O)n3c(nc4ccccc43)c2C#N)cc1. The predicted octanol–water partition coefficient (Wildman–Crippen LogP) is 4.49. The average Bonchev–Trinajstić information content (AvgIpc) is 3.20. The molecule has 4 aromatic rings. The van der Waals surface area contributed by atoms with E-state index in [2.05, 4.69) is 11.1 Å². The van der Waals surface area contributed by atoms with Gasteiger partial charge in [0.05, 0.1) is 34.5 Å². The number of nitriles is 1. The van der Waals surface area contributed by atoms with E-state index in [0.717, 1.165) is 16.6 Å². The second-order valence-corrected chi connectivity index (χ2v) is 7.81. The van der Waals surface area contributed by atoms with E-state index in [-0.39, 0.29) is 5.75 Å². The second kappa shape index (κ2) is 8.96. The Hall–Kier alpha value is -4.09. The summed E-state index contributed by atoms with van der Waals surface area (Å²) < 4.78 is 6.53. The molecule has 0 radical (unpaired) electrons. The monoisotopic (exact) mass is 443 g/mol. The molecule has 4 rings (SSSR count). The van der Waals surface area contributed by atoms with Crippen LogP contribution >= 0.6 is 11.8 Å². The molecule has 0 aliphatic rings. The molecule has 0 bridgehead atoms. The number of ether oxygens (including phenoxy) is 1. The second-order valence-electron chi connectivity index (χ2n) is 6.81. The summed E-state index contributed by atoms with van der Waals surface area (Å²) in [6, 6.07) is 18.4. The first-order chi connectivity index (χ1) is 15.5. The van der Waals surface area contributed by atoms with Crippen molar-refractivity contribution in [3.05, 3.63) is 76.9 Å². The van der Waals surface area contributed by atoms with Crippen LogP contribution in [0.4, 0.5) is 0 Å². The number of benzene rings is 2. The minimum Gasteiger partial charge on any atom is -0.481 e. The number of esters is 1. The van der Waals surface area contributed by atoms with Crippen molar-refractivity contribution < 1.29 is 19.4 Å². The fourth-order valence-electron chi connectivity index (χ4n) is 3.34. The van der Waals surface area contributed by atoms with Gasteiger partial charge in [-0.2, -0.15) is 5.26 Å². The molecule has 0 saturated carbocycles. The maximum absolute atomic E-state index is 11.6. The molecule has 0 fully saturated rings. The molecule has 1 N–H and O–H groups in total. The largest absolute Gasteiger partial charge is 0.481 e. The number of carboxylic acids is 1. The number of carbonyl (C=O) groups excluding carboxylic acids is 1. The van der Waals surface area contributed by atoms with Gasteiger partial charge in [-0.1, -0.05) is 48.2 Å². The van der Waals surface area contributed by atoms with Crippen LogP contribution in [0.5, 0.6) is 0 Å². The minimum absolute atomic E-state index is 0.119. The summed E-state index contributed by atoms with van der Waals surface area (Å²) in [7, 11) is 1.33. The number of para-hydroxylation sites is 2. The average molecular weight is 443 g/mol. The van der Waals surface area contributed by atoms with Crippen LogP contribution in [0.3, 0.4) is 0 Å². The molecule has 0 amide bonds. The molecule has 0 saturated heterocycles. The van der Waals surface area contributed by atoms with Gasteiger partial charge in [0.2, 0.25) is 0 Å². The van der Waals surface area contributed by atoms with E-state index in [4.69, 9.17) is 9.84 Å². The van der Waals surface area contributed by atoms with Crippen molar-refractivity contribution >= 4 is 52.5 Å². The van der Waals surface area contributed by atoms with Crippen molar-refractivity contribution in [1.29, 1.82) is 5.26 Å². The zero-order valence-electron chi connectivity index (χ0n) is 17.0. The molecular formula is C24H17N3O4S. The van der Waals surface area contributed by atoms with E-state index in [9.17, 15) is 14.9 Å². The third-order valence-corrected chi connectivity index (χ3v) is 5.80. The van der Waals surface area contributed by atoms with Crippen LogP contribution < -0.4 is 0 Å². The molecule has 0 spiro atoms. The minimum atomic E-state index is -0.931. The van der Waals surface area contributed by atoms with Gasteiger partial charge in [0.15, 0.2) is 5.65 Å². The lowest BCUT2D eigenvalue weighted by atomic mass is 10.1. The lowest BCUT2D eigenvalue weighted by Crippen LogP contribution is -2.02. The highest BCUT2D eigenvalue weighted by atomic mass is 32.2. The quantitative estimate of drug-likeness (QED) is 0.346. The molecule has 2 aromatic carbocycles. The number of aliphatic carboxylic acids is 1. The van der Waals surface area contributed by atoms with Gasteiger partial charge in [-0.25, -0.2) is 9.78 Å². The van der Waals surface area contributed by atoms with Crippen LogP contribution in [-0.4, -0.2) is 39.3 Å². The van der Waals surface area contributed by atoms with E-state index in [1.165, 1.54) is 18.9 Å². The van der Waals surface area contributed by atoms with Crippen molar-refractivity contribution in [3.63, 3.8) is 0 Å². The summed E-state index contributed by atoms with van der Waals surface area (Å²) in [5, 5.41) is 19.7. The van der Waals surface area contributed by atoms with Gasteiger partial charge in [-0.3, -0.25) is 9.20 Å². The van der Waals surface area contributed by atoms with Gasteiger partial charge in [-0.05, 0) is 41.5 Å². The molecular weight excluding hydrogens is 426 g/mol. The number of carbonyl (C=O) groups is 2. The van der Waals surface area contributed by atoms with Crippen molar-refractivity contribution in [2.75, 3.05) is 12.9 Å². The van der Waals surface area contributed by atoms with E-state index in [0.29, 0.717) is 27.4 Å². The molecule has 158 valence electrons. The number of carboxylic acid groups (broad SMARTS) is 1. The van der Waals surface area contributed by atoms with Crippen LogP contribution in [-0.2, 0) is 9.53 Å². The number of pyridine rings is 1. The number of methoxy groups -OCH3 is 1. The first-order valence-corrected chi connectivity index (χ1v) is 10.6. The van der Waals surface area contributed by atoms with Gasteiger partial charge >= 0.3 is 11.9 Å². The highest BCUT2D eigenvalue weighted by Gasteiger charge is 2.17. The van der Waals surface area contributed by atoms with Gasteiger partial charge in [-0.15, -0.1) is 0 Å². The summed E-state index contributed by atoms with van der Waals surface area (Å²) >= 11 is 1.17. The number of rotatable bonds is 6. The Morgan fingerprint density at radius 1 is 1.19 bits per heavy atom. The van der Waals surface area contributed by atoms with Gasteiger partial charge in [0.25, 0.3) is 0 Å². The van der Waals surface area contributed by atoms with Crippen LogP contribution in [0.25, 0.3) is 28.8 Å². The molecule has 0 atom stereocenters. The lowest BCUT2D eigenvalue weighted by Gasteiger charge is -2.09. The van der Waals surface area contributed by atoms with Crippen LogP contribution in [0.15, 0.2) is 59.6 Å². The topological polar surface area (TPSA) is 105 Å². The van der Waals surface area contributed by atoms with Crippen molar-refractivity contribution in [2.45, 2.75) is 5.03 Å². The molecule has 0 aliphatic heterocycles. The highest BCUT2D eigenvalue weighted by Crippen LogP contribution is 2.30. The summed E-state index contributed by atoms with van der Waals surface area (Å²) in [4.78, 5) is 27.4. The maximum Gasteiger partial charge on any atom is 0.337 e. The van der Waals surface area contributed by atoms with Gasteiger partial charge in [0.1, 0.15) is 11.6 Å². The number of imidazole rings is 1. The van der Waals surface area contributed by atoms with Crippen LogP contribution in [0.1, 0.15) is 27.0 Å². The number of aromatic nitrogens is 2. The summed E-state index contributed by atoms with van der Waals surface area (Å²) in [6.07, 6.45) is 3.61. The molecule has 7 nitrogen and oxygen atoms in total. The Morgan fingerprint density at radius 3 is 2.62 bits per heavy atom. The lowest BCUT2D eigenvalue weighted by molar-refractivity contribution is -0.133. The maximum atomic E-state index is 11.6. The Morgan fingerprint density at radius 2 is 1.94 bits per heavy atom. The molecule has 0 unspecified atom stereocenters. The van der Waals surface area contributed by atoms with Crippen molar-refractivity contribution in [2.24, 2.45) is 0 Å². The van der Waals surface area contributed by atoms with Crippen molar-refractivity contribution in [3.8, 4) is 6.07 Å². The predicted molar refractivity (Wildman–Crippen MR) is 122 cm³/mol. The molecule has 2 heterocycles. The Kier molecular flexibility index (Phi) is 5.92. The first-order valence-electron chi connectivity index (χ1n) is 9.57. The van der Waals surface area contributed by atoms with E-state index < -0.39 is 11.9 Å². The first kappa shape index (κ1) is 21.2. The molecule has 32 heavy (non-hydrogen) atoms. The van der Waals surface area contributed by atoms with Crippen LogP contribution in [0.2, 0.25) is 0 Å². The Labute approximate surface area is 187 Å².